The van der Waals surface area contributed by atoms with Crippen molar-refractivity contribution in [3.8, 4) is 5.75 Å². The zero-order valence-electron chi connectivity index (χ0n) is 14.2. The lowest BCUT2D eigenvalue weighted by molar-refractivity contribution is -0.153. The van der Waals surface area contributed by atoms with Crippen molar-refractivity contribution in [1.29, 1.82) is 0 Å². The molecule has 5 nitrogen and oxygen atoms in total. The number of nitrogens with zero attached hydrogens (tertiary/aromatic N) is 2. The molecule has 2 aromatic rings. The number of rotatable bonds is 5. The molecule has 0 aliphatic heterocycles. The molecule has 0 spiro atoms. The Balaban J connectivity index is 2.20. The smallest absolute Gasteiger partial charge is 0.422 e. The van der Waals surface area contributed by atoms with E-state index in [-0.39, 0.29) is 21.9 Å². The van der Waals surface area contributed by atoms with Gasteiger partial charge < -0.3 is 10.1 Å². The molecule has 1 N–H and O–H groups in total. The molecule has 0 saturated carbocycles. The lowest BCUT2D eigenvalue weighted by atomic mass is 9.87. The van der Waals surface area contributed by atoms with E-state index in [0.29, 0.717) is 5.01 Å². The van der Waals surface area contributed by atoms with E-state index in [9.17, 15) is 18.0 Å². The van der Waals surface area contributed by atoms with Crippen molar-refractivity contribution in [2.75, 3.05) is 6.61 Å². The van der Waals surface area contributed by atoms with Crippen molar-refractivity contribution in [1.82, 2.24) is 15.3 Å². The van der Waals surface area contributed by atoms with E-state index in [1.807, 2.05) is 20.8 Å². The van der Waals surface area contributed by atoms with Crippen LogP contribution in [0.4, 0.5) is 13.2 Å². The predicted molar refractivity (Wildman–Crippen MR) is 92.6 cm³/mol. The van der Waals surface area contributed by atoms with Gasteiger partial charge in [-0.15, -0.1) is 11.3 Å². The van der Waals surface area contributed by atoms with Crippen molar-refractivity contribution >= 4 is 28.8 Å². The van der Waals surface area contributed by atoms with Gasteiger partial charge in [-0.05, 0) is 5.41 Å². The second kappa shape index (κ2) is 7.79. The monoisotopic (exact) mass is 407 g/mol. The highest BCUT2D eigenvalue weighted by Crippen LogP contribution is 2.34. The van der Waals surface area contributed by atoms with Crippen molar-refractivity contribution in [2.24, 2.45) is 5.41 Å². The zero-order chi connectivity index (χ0) is 19.5. The van der Waals surface area contributed by atoms with Crippen LogP contribution in [0, 0.1) is 5.41 Å². The summed E-state index contributed by atoms with van der Waals surface area (Å²) < 4.78 is 41.6. The molecule has 1 atom stereocenters. The van der Waals surface area contributed by atoms with Crippen LogP contribution in [0.15, 0.2) is 23.8 Å². The third kappa shape index (κ3) is 5.57. The molecule has 0 aliphatic rings. The molecule has 0 radical (unpaired) electrons. The fraction of sp³-hybridized carbons (Fsp3) is 0.438. The number of amides is 1. The number of ether oxygens (including phenoxy) is 1. The van der Waals surface area contributed by atoms with Gasteiger partial charge in [0.2, 0.25) is 0 Å². The second-order valence-electron chi connectivity index (χ2n) is 6.55. The Hall–Kier alpha value is -1.87. The maximum atomic E-state index is 12.5. The van der Waals surface area contributed by atoms with Crippen molar-refractivity contribution < 1.29 is 22.7 Å². The molecule has 0 aliphatic carbocycles. The third-order valence-corrected chi connectivity index (χ3v) is 4.41. The first-order valence-corrected chi connectivity index (χ1v) is 8.78. The molecule has 26 heavy (non-hydrogen) atoms. The van der Waals surface area contributed by atoms with Crippen LogP contribution in [-0.4, -0.2) is 28.7 Å². The molecular formula is C16H17ClF3N3O2S. The average Bonchev–Trinajstić information content (AvgIpc) is 3.03. The standard InChI is InChI=1S/C16H17ClF3N3O2S/c1-15(2,3)12(14-21-4-5-26-14)23-13(24)10-6-11(9(17)7-22-10)25-8-16(18,19)20/h4-7,12H,8H2,1-3H3,(H,23,24). The van der Waals surface area contributed by atoms with E-state index in [1.165, 1.54) is 11.3 Å². The van der Waals surface area contributed by atoms with E-state index in [0.717, 1.165) is 12.3 Å². The quantitative estimate of drug-likeness (QED) is 0.783. The van der Waals surface area contributed by atoms with Gasteiger partial charge in [-0.1, -0.05) is 32.4 Å². The number of halogens is 4. The van der Waals surface area contributed by atoms with E-state index in [1.54, 1.807) is 11.6 Å². The largest absolute Gasteiger partial charge is 0.482 e. The highest BCUT2D eigenvalue weighted by Gasteiger charge is 2.31. The molecular weight excluding hydrogens is 391 g/mol. The maximum absolute atomic E-state index is 12.5. The molecule has 0 aromatic carbocycles. The van der Waals surface area contributed by atoms with Crippen LogP contribution in [0.5, 0.6) is 5.75 Å². The molecule has 10 heteroatoms. The lowest BCUT2D eigenvalue weighted by Crippen LogP contribution is -2.37. The molecule has 1 amide bonds. The van der Waals surface area contributed by atoms with E-state index in [4.69, 9.17) is 11.6 Å². The minimum absolute atomic E-state index is 0.0996. The van der Waals surface area contributed by atoms with Gasteiger partial charge in [0.25, 0.3) is 5.91 Å². The normalized spacial score (nSPS) is 13.3. The number of alkyl halides is 3. The van der Waals surface area contributed by atoms with Gasteiger partial charge in [-0.3, -0.25) is 4.79 Å². The molecule has 2 heterocycles. The Kier molecular flexibility index (Phi) is 6.13. The molecule has 0 fully saturated rings. The second-order valence-corrected chi connectivity index (χ2v) is 7.88. The topological polar surface area (TPSA) is 64.1 Å². The van der Waals surface area contributed by atoms with Crippen molar-refractivity contribution in [3.05, 3.63) is 39.6 Å². The van der Waals surface area contributed by atoms with Crippen LogP contribution < -0.4 is 10.1 Å². The van der Waals surface area contributed by atoms with Gasteiger partial charge in [-0.25, -0.2) is 9.97 Å². The minimum Gasteiger partial charge on any atom is -0.482 e. The van der Waals surface area contributed by atoms with Crippen molar-refractivity contribution in [3.63, 3.8) is 0 Å². The van der Waals surface area contributed by atoms with Crippen LogP contribution >= 0.6 is 22.9 Å². The summed E-state index contributed by atoms with van der Waals surface area (Å²) in [7, 11) is 0. The molecule has 1 unspecified atom stereocenters. The summed E-state index contributed by atoms with van der Waals surface area (Å²) in [5.74, 6) is -0.820. The number of thiazole rings is 1. The Bertz CT molecular complexity index is 761. The number of pyridine rings is 1. The summed E-state index contributed by atoms with van der Waals surface area (Å²) in [5, 5.41) is 5.22. The van der Waals surface area contributed by atoms with E-state index >= 15 is 0 Å². The third-order valence-electron chi connectivity index (χ3n) is 3.28. The summed E-state index contributed by atoms with van der Waals surface area (Å²) >= 11 is 7.19. The highest BCUT2D eigenvalue weighted by atomic mass is 35.5. The molecule has 0 saturated heterocycles. The summed E-state index contributed by atoms with van der Waals surface area (Å²) in [6.07, 6.45) is -1.80. The number of nitrogens with one attached hydrogen (secondary N) is 1. The molecule has 142 valence electrons. The van der Waals surface area contributed by atoms with Crippen LogP contribution in [0.3, 0.4) is 0 Å². The lowest BCUT2D eigenvalue weighted by Gasteiger charge is -2.29. The van der Waals surface area contributed by atoms with Gasteiger partial charge >= 0.3 is 6.18 Å². The van der Waals surface area contributed by atoms with Gasteiger partial charge in [-0.2, -0.15) is 13.2 Å². The number of aromatic nitrogens is 2. The van der Waals surface area contributed by atoms with Crippen molar-refractivity contribution in [2.45, 2.75) is 33.0 Å². The number of carbonyl (C=O) groups excluding carboxylic acids is 1. The Labute approximate surface area is 157 Å². The first-order valence-electron chi connectivity index (χ1n) is 7.53. The van der Waals surface area contributed by atoms with Crippen LogP contribution in [0.1, 0.15) is 42.3 Å². The molecule has 2 aromatic heterocycles. The van der Waals surface area contributed by atoms with Crippen LogP contribution in [-0.2, 0) is 0 Å². The SMILES string of the molecule is CC(C)(C)C(NC(=O)c1cc(OCC(F)(F)F)c(Cl)cn1)c1nccs1. The van der Waals surface area contributed by atoms with Gasteiger partial charge in [0.05, 0.1) is 12.2 Å². The molecule has 2 rings (SSSR count). The fourth-order valence-corrected chi connectivity index (χ4v) is 3.13. The first kappa shape index (κ1) is 20.4. The fourth-order valence-electron chi connectivity index (χ4n) is 2.05. The highest BCUT2D eigenvalue weighted by molar-refractivity contribution is 7.09. The van der Waals surface area contributed by atoms with Gasteiger partial charge in [0, 0.05) is 17.6 Å². The average molecular weight is 408 g/mol. The first-order chi connectivity index (χ1) is 12.0. The van der Waals surface area contributed by atoms with Gasteiger partial charge in [0.1, 0.15) is 21.5 Å². The van der Waals surface area contributed by atoms with Gasteiger partial charge in [0.15, 0.2) is 6.61 Å². The summed E-state index contributed by atoms with van der Waals surface area (Å²) in [5.41, 5.74) is -0.437. The molecule has 0 bridgehead atoms. The number of hydrogen-bond acceptors (Lipinski definition) is 5. The summed E-state index contributed by atoms with van der Waals surface area (Å²) in [6.45, 7) is 4.30. The summed E-state index contributed by atoms with van der Waals surface area (Å²) in [6, 6.07) is 0.692. The Morgan fingerprint density at radius 1 is 1.35 bits per heavy atom. The zero-order valence-corrected chi connectivity index (χ0v) is 15.8. The number of carbonyl (C=O) groups is 1. The Morgan fingerprint density at radius 3 is 2.58 bits per heavy atom. The van der Waals surface area contributed by atoms with Crippen LogP contribution in [0.25, 0.3) is 0 Å². The van der Waals surface area contributed by atoms with E-state index in [2.05, 4.69) is 20.0 Å². The minimum atomic E-state index is -4.52. The summed E-state index contributed by atoms with van der Waals surface area (Å²) in [4.78, 5) is 20.7. The van der Waals surface area contributed by atoms with Crippen LogP contribution in [0.2, 0.25) is 5.02 Å². The Morgan fingerprint density at radius 2 is 2.04 bits per heavy atom. The predicted octanol–water partition coefficient (Wildman–Crippen LogP) is 4.65. The van der Waals surface area contributed by atoms with E-state index < -0.39 is 24.7 Å². The number of hydrogen-bond donors (Lipinski definition) is 1. The maximum Gasteiger partial charge on any atom is 0.422 e.